The van der Waals surface area contributed by atoms with Gasteiger partial charge in [0.2, 0.25) is 0 Å². The molecule has 2 aromatic carbocycles. The number of nitrogens with zero attached hydrogens (tertiary/aromatic N) is 2. The molecule has 35 heavy (non-hydrogen) atoms. The molecule has 4 aromatic rings. The molecule has 7 nitrogen and oxygen atoms in total. The van der Waals surface area contributed by atoms with E-state index >= 15 is 0 Å². The molecule has 0 bridgehead atoms. The summed E-state index contributed by atoms with van der Waals surface area (Å²) in [5, 5.41) is 3.30. The standard InChI is InChI=1S/C27H26FN3O4/c1-33-24-14-18-10-12-31-22(21(18)15-25(24)34-2)16-26(30-27(31)32)29-11-9-20(23-4-3-13-35-23)17-5-7-19(28)8-6-17/h3-8,13-16,20H,9-12H2,1-2H3,(H,29,30,32). The van der Waals surface area contributed by atoms with Crippen LogP contribution in [0.25, 0.3) is 11.3 Å². The maximum atomic E-state index is 13.4. The van der Waals surface area contributed by atoms with Gasteiger partial charge in [0.05, 0.1) is 26.2 Å². The van der Waals surface area contributed by atoms with Crippen LogP contribution in [0.5, 0.6) is 11.5 Å². The lowest BCUT2D eigenvalue weighted by molar-refractivity contribution is 0.354. The molecule has 1 unspecified atom stereocenters. The van der Waals surface area contributed by atoms with Gasteiger partial charge in [0.25, 0.3) is 0 Å². The SMILES string of the molecule is COc1cc2c(cc1OC)-c1cc(NCCC(c3ccc(F)cc3)c3ccco3)nc(=O)n1CC2. The van der Waals surface area contributed by atoms with Gasteiger partial charge >= 0.3 is 5.69 Å². The Balaban J connectivity index is 1.40. The Hall–Kier alpha value is -4.07. The average molecular weight is 476 g/mol. The summed E-state index contributed by atoms with van der Waals surface area (Å²) < 4.78 is 31.7. The van der Waals surface area contributed by atoms with Crippen LogP contribution >= 0.6 is 0 Å². The van der Waals surface area contributed by atoms with E-state index in [9.17, 15) is 9.18 Å². The van der Waals surface area contributed by atoms with Crippen molar-refractivity contribution in [3.63, 3.8) is 0 Å². The second kappa shape index (κ2) is 9.66. The summed E-state index contributed by atoms with van der Waals surface area (Å²) in [7, 11) is 3.20. The number of furan rings is 1. The summed E-state index contributed by atoms with van der Waals surface area (Å²) in [5.74, 6) is 2.24. The van der Waals surface area contributed by atoms with Gasteiger partial charge in [-0.15, -0.1) is 0 Å². The highest BCUT2D eigenvalue weighted by Gasteiger charge is 2.22. The number of hydrogen-bond acceptors (Lipinski definition) is 6. The highest BCUT2D eigenvalue weighted by atomic mass is 19.1. The van der Waals surface area contributed by atoms with E-state index in [-0.39, 0.29) is 17.4 Å². The normalized spacial score (nSPS) is 13.0. The Morgan fingerprint density at radius 2 is 1.89 bits per heavy atom. The third-order valence-corrected chi connectivity index (χ3v) is 6.40. The molecule has 5 rings (SSSR count). The van der Waals surface area contributed by atoms with Crippen molar-refractivity contribution in [1.82, 2.24) is 9.55 Å². The molecule has 180 valence electrons. The van der Waals surface area contributed by atoms with E-state index in [0.29, 0.717) is 43.2 Å². The molecule has 2 aromatic heterocycles. The zero-order valence-electron chi connectivity index (χ0n) is 19.6. The van der Waals surface area contributed by atoms with Gasteiger partial charge in [0.1, 0.15) is 17.4 Å². The van der Waals surface area contributed by atoms with Crippen LogP contribution < -0.4 is 20.5 Å². The third-order valence-electron chi connectivity index (χ3n) is 6.40. The second-order valence-electron chi connectivity index (χ2n) is 8.41. The molecule has 0 radical (unpaired) electrons. The number of benzene rings is 2. The van der Waals surface area contributed by atoms with Gasteiger partial charge in [-0.1, -0.05) is 12.1 Å². The molecule has 1 atom stereocenters. The summed E-state index contributed by atoms with van der Waals surface area (Å²) in [4.78, 5) is 17.1. The minimum absolute atomic E-state index is 0.0609. The number of anilines is 1. The van der Waals surface area contributed by atoms with Gasteiger partial charge < -0.3 is 19.2 Å². The van der Waals surface area contributed by atoms with Crippen molar-refractivity contribution in [3.8, 4) is 22.8 Å². The number of ether oxygens (including phenoxy) is 2. The fourth-order valence-electron chi connectivity index (χ4n) is 4.64. The first-order chi connectivity index (χ1) is 17.1. The lowest BCUT2D eigenvalue weighted by atomic mass is 9.93. The fraction of sp³-hybridized carbons (Fsp3) is 0.259. The van der Waals surface area contributed by atoms with Crippen LogP contribution in [0.4, 0.5) is 10.2 Å². The molecule has 0 aliphatic carbocycles. The van der Waals surface area contributed by atoms with Gasteiger partial charge in [-0.3, -0.25) is 4.57 Å². The number of fused-ring (bicyclic) bond motifs is 3. The number of methoxy groups -OCH3 is 2. The molecule has 0 spiro atoms. The van der Waals surface area contributed by atoms with E-state index in [2.05, 4.69) is 10.3 Å². The van der Waals surface area contributed by atoms with Crippen molar-refractivity contribution in [2.24, 2.45) is 0 Å². The Morgan fingerprint density at radius 3 is 2.60 bits per heavy atom. The molecular weight excluding hydrogens is 449 g/mol. The van der Waals surface area contributed by atoms with Crippen molar-refractivity contribution in [2.75, 3.05) is 26.1 Å². The third kappa shape index (κ3) is 4.51. The lowest BCUT2D eigenvalue weighted by Gasteiger charge is -2.23. The molecule has 3 heterocycles. The molecule has 1 aliphatic heterocycles. The van der Waals surface area contributed by atoms with Gasteiger partial charge in [0.15, 0.2) is 11.5 Å². The second-order valence-corrected chi connectivity index (χ2v) is 8.41. The molecule has 1 aliphatic rings. The smallest absolute Gasteiger partial charge is 0.349 e. The van der Waals surface area contributed by atoms with Crippen molar-refractivity contribution in [3.05, 3.63) is 94.0 Å². The van der Waals surface area contributed by atoms with E-state index < -0.39 is 0 Å². The number of aryl methyl sites for hydroxylation is 1. The summed E-state index contributed by atoms with van der Waals surface area (Å²) in [6.07, 6.45) is 3.01. The summed E-state index contributed by atoms with van der Waals surface area (Å²) in [5.41, 5.74) is 3.46. The number of halogens is 1. The Labute approximate surface area is 202 Å². The zero-order valence-corrected chi connectivity index (χ0v) is 19.6. The van der Waals surface area contributed by atoms with Crippen molar-refractivity contribution < 1.29 is 18.3 Å². The Bertz CT molecular complexity index is 1380. The zero-order chi connectivity index (χ0) is 24.4. The largest absolute Gasteiger partial charge is 0.493 e. The molecule has 8 heteroatoms. The summed E-state index contributed by atoms with van der Waals surface area (Å²) in [6.45, 7) is 1.09. The minimum Gasteiger partial charge on any atom is -0.493 e. The van der Waals surface area contributed by atoms with Crippen molar-refractivity contribution in [1.29, 1.82) is 0 Å². The summed E-state index contributed by atoms with van der Waals surface area (Å²) in [6, 6.07) is 16.0. The Kier molecular flexibility index (Phi) is 6.27. The molecule has 0 amide bonds. The predicted octanol–water partition coefficient (Wildman–Crippen LogP) is 4.85. The van der Waals surface area contributed by atoms with E-state index in [4.69, 9.17) is 13.9 Å². The van der Waals surface area contributed by atoms with Crippen LogP contribution in [0, 0.1) is 5.82 Å². The maximum Gasteiger partial charge on any atom is 0.349 e. The van der Waals surface area contributed by atoms with Gasteiger partial charge in [0, 0.05) is 30.6 Å². The maximum absolute atomic E-state index is 13.4. The number of hydrogen-bond donors (Lipinski definition) is 1. The number of rotatable bonds is 8. The quantitative estimate of drug-likeness (QED) is 0.393. The summed E-state index contributed by atoms with van der Waals surface area (Å²) >= 11 is 0. The number of aromatic nitrogens is 2. The van der Waals surface area contributed by atoms with Gasteiger partial charge in [-0.2, -0.15) is 4.98 Å². The first kappa shape index (κ1) is 22.7. The molecule has 0 saturated heterocycles. The van der Waals surface area contributed by atoms with Crippen LogP contribution in [-0.2, 0) is 13.0 Å². The van der Waals surface area contributed by atoms with Gasteiger partial charge in [-0.25, -0.2) is 9.18 Å². The van der Waals surface area contributed by atoms with Gasteiger partial charge in [-0.05, 0) is 60.4 Å². The first-order valence-electron chi connectivity index (χ1n) is 11.5. The highest BCUT2D eigenvalue weighted by Crippen LogP contribution is 2.38. The fourth-order valence-corrected chi connectivity index (χ4v) is 4.64. The molecule has 0 fully saturated rings. The van der Waals surface area contributed by atoms with E-state index in [1.807, 2.05) is 30.3 Å². The van der Waals surface area contributed by atoms with Crippen LogP contribution in [0.3, 0.4) is 0 Å². The van der Waals surface area contributed by atoms with Crippen LogP contribution in [0.1, 0.15) is 29.2 Å². The van der Waals surface area contributed by atoms with Crippen molar-refractivity contribution >= 4 is 5.82 Å². The highest BCUT2D eigenvalue weighted by molar-refractivity contribution is 5.71. The van der Waals surface area contributed by atoms with Crippen molar-refractivity contribution in [2.45, 2.75) is 25.3 Å². The van der Waals surface area contributed by atoms with Crippen LogP contribution in [0.15, 0.2) is 70.1 Å². The number of nitrogens with one attached hydrogen (secondary N) is 1. The molecule has 0 saturated carbocycles. The first-order valence-corrected chi connectivity index (χ1v) is 11.5. The lowest BCUT2D eigenvalue weighted by Crippen LogP contribution is -2.29. The Morgan fingerprint density at radius 1 is 1.11 bits per heavy atom. The molecular formula is C27H26FN3O4. The minimum atomic E-state index is -0.299. The van der Waals surface area contributed by atoms with E-state index in [1.165, 1.54) is 12.1 Å². The molecule has 1 N–H and O–H groups in total. The van der Waals surface area contributed by atoms with E-state index in [0.717, 1.165) is 28.1 Å². The monoisotopic (exact) mass is 475 g/mol. The van der Waals surface area contributed by atoms with E-state index in [1.54, 1.807) is 37.2 Å². The average Bonchev–Trinajstić information content (AvgIpc) is 3.41. The van der Waals surface area contributed by atoms with Crippen LogP contribution in [-0.4, -0.2) is 30.3 Å². The van der Waals surface area contributed by atoms with Crippen LogP contribution in [0.2, 0.25) is 0 Å². The predicted molar refractivity (Wildman–Crippen MR) is 131 cm³/mol. The topological polar surface area (TPSA) is 78.5 Å².